The zero-order chi connectivity index (χ0) is 14.8. The molecule has 0 spiro atoms. The van der Waals surface area contributed by atoms with Crippen molar-refractivity contribution in [1.29, 1.82) is 0 Å². The molecule has 1 aromatic heterocycles. The van der Waals surface area contributed by atoms with Crippen LogP contribution in [0, 0.1) is 5.82 Å². The van der Waals surface area contributed by atoms with Crippen molar-refractivity contribution in [2.45, 2.75) is 25.0 Å². The first-order valence-corrected chi connectivity index (χ1v) is 7.29. The van der Waals surface area contributed by atoms with Crippen LogP contribution in [0.1, 0.15) is 36.1 Å². The van der Waals surface area contributed by atoms with E-state index >= 15 is 0 Å². The maximum atomic E-state index is 13.2. The Kier molecular flexibility index (Phi) is 4.03. The van der Waals surface area contributed by atoms with E-state index in [2.05, 4.69) is 10.00 Å². The summed E-state index contributed by atoms with van der Waals surface area (Å²) in [6.45, 7) is 1.47. The van der Waals surface area contributed by atoms with Gasteiger partial charge in [-0.3, -0.25) is 9.58 Å². The molecule has 1 aliphatic rings. The van der Waals surface area contributed by atoms with Gasteiger partial charge in [-0.1, -0.05) is 12.1 Å². The van der Waals surface area contributed by atoms with Gasteiger partial charge in [-0.2, -0.15) is 5.10 Å². The lowest BCUT2D eigenvalue weighted by molar-refractivity contribution is 0.106. The zero-order valence-corrected chi connectivity index (χ0v) is 12.1. The lowest BCUT2D eigenvalue weighted by atomic mass is 10.1. The molecule has 0 aliphatic carbocycles. The summed E-state index contributed by atoms with van der Waals surface area (Å²) in [5.41, 5.74) is 1.81. The molecule has 0 radical (unpaired) electrons. The zero-order valence-electron chi connectivity index (χ0n) is 12.1. The lowest BCUT2D eigenvalue weighted by Gasteiger charge is -2.26. The Hall–Kier alpha value is -1.72. The molecule has 21 heavy (non-hydrogen) atoms. The second-order valence-electron chi connectivity index (χ2n) is 5.67. The third-order valence-electron chi connectivity index (χ3n) is 4.11. The van der Waals surface area contributed by atoms with E-state index in [1.807, 2.05) is 19.4 Å². The summed E-state index contributed by atoms with van der Waals surface area (Å²) in [5.74, 6) is -0.309. The number of aliphatic hydroxyl groups is 1. The first-order valence-electron chi connectivity index (χ1n) is 7.29. The molecule has 0 unspecified atom stereocenters. The third kappa shape index (κ3) is 3.14. The number of halogens is 1. The predicted octanol–water partition coefficient (Wildman–Crippen LogP) is 2.43. The van der Waals surface area contributed by atoms with Crippen molar-refractivity contribution >= 4 is 0 Å². The molecule has 2 atom stereocenters. The lowest BCUT2D eigenvalue weighted by Crippen LogP contribution is -2.28. The van der Waals surface area contributed by atoms with Gasteiger partial charge in [0.05, 0.1) is 12.3 Å². The Morgan fingerprint density at radius 1 is 1.48 bits per heavy atom. The SMILES string of the molecule is Cn1cc([C@@H]2CCCN2C[C@H](O)c2cccc(F)c2)cn1. The molecular weight excluding hydrogens is 269 g/mol. The van der Waals surface area contributed by atoms with E-state index in [4.69, 9.17) is 0 Å². The minimum absolute atomic E-state index is 0.293. The molecule has 4 nitrogen and oxygen atoms in total. The van der Waals surface area contributed by atoms with Gasteiger partial charge in [0.2, 0.25) is 0 Å². The minimum atomic E-state index is -0.669. The van der Waals surface area contributed by atoms with Crippen LogP contribution in [0.2, 0.25) is 0 Å². The number of nitrogens with zero attached hydrogens (tertiary/aromatic N) is 3. The fourth-order valence-electron chi connectivity index (χ4n) is 3.08. The molecule has 2 aromatic rings. The average Bonchev–Trinajstić information content (AvgIpc) is 3.07. The number of hydrogen-bond acceptors (Lipinski definition) is 3. The van der Waals surface area contributed by atoms with E-state index < -0.39 is 6.10 Å². The van der Waals surface area contributed by atoms with E-state index in [1.165, 1.54) is 17.7 Å². The van der Waals surface area contributed by atoms with E-state index in [9.17, 15) is 9.50 Å². The number of aryl methyl sites for hydroxylation is 1. The number of likely N-dealkylation sites (tertiary alicyclic amines) is 1. The van der Waals surface area contributed by atoms with Crippen LogP contribution in [0.3, 0.4) is 0 Å². The van der Waals surface area contributed by atoms with Gasteiger partial charge in [0.1, 0.15) is 5.82 Å². The van der Waals surface area contributed by atoms with Crippen LogP contribution in [-0.4, -0.2) is 32.9 Å². The van der Waals surface area contributed by atoms with Crippen molar-refractivity contribution in [1.82, 2.24) is 14.7 Å². The number of hydrogen-bond donors (Lipinski definition) is 1. The smallest absolute Gasteiger partial charge is 0.123 e. The minimum Gasteiger partial charge on any atom is -0.387 e. The highest BCUT2D eigenvalue weighted by atomic mass is 19.1. The van der Waals surface area contributed by atoms with E-state index in [-0.39, 0.29) is 5.82 Å². The first kappa shape index (κ1) is 14.2. The van der Waals surface area contributed by atoms with Gasteiger partial charge < -0.3 is 5.11 Å². The molecule has 1 fully saturated rings. The van der Waals surface area contributed by atoms with Crippen LogP contribution in [0.5, 0.6) is 0 Å². The van der Waals surface area contributed by atoms with Gasteiger partial charge in [-0.05, 0) is 37.1 Å². The standard InChI is InChI=1S/C16H20FN3O/c1-19-10-13(9-18-19)15-6-3-7-20(15)11-16(21)12-4-2-5-14(17)8-12/h2,4-5,8-10,15-16,21H,3,6-7,11H2,1H3/t15-,16-/m0/s1. The molecule has 2 heterocycles. The van der Waals surface area contributed by atoms with Crippen LogP contribution in [0.4, 0.5) is 4.39 Å². The summed E-state index contributed by atoms with van der Waals surface area (Å²) in [4.78, 5) is 2.26. The van der Waals surface area contributed by atoms with Crippen LogP contribution in [0.15, 0.2) is 36.7 Å². The van der Waals surface area contributed by atoms with Crippen LogP contribution in [0.25, 0.3) is 0 Å². The van der Waals surface area contributed by atoms with Crippen molar-refractivity contribution < 1.29 is 9.50 Å². The Balaban J connectivity index is 1.71. The summed E-state index contributed by atoms with van der Waals surface area (Å²) < 4.78 is 15.1. The second-order valence-corrected chi connectivity index (χ2v) is 5.67. The summed E-state index contributed by atoms with van der Waals surface area (Å²) >= 11 is 0. The summed E-state index contributed by atoms with van der Waals surface area (Å²) in [5, 5.41) is 14.6. The molecular formula is C16H20FN3O. The van der Waals surface area contributed by atoms with Crippen LogP contribution >= 0.6 is 0 Å². The Morgan fingerprint density at radius 3 is 3.05 bits per heavy atom. The monoisotopic (exact) mass is 289 g/mol. The van der Waals surface area contributed by atoms with E-state index in [0.29, 0.717) is 18.2 Å². The maximum absolute atomic E-state index is 13.2. The van der Waals surface area contributed by atoms with Gasteiger partial charge >= 0.3 is 0 Å². The molecule has 3 rings (SSSR count). The summed E-state index contributed by atoms with van der Waals surface area (Å²) in [6.07, 6.45) is 5.42. The number of rotatable bonds is 4. The molecule has 1 aromatic carbocycles. The highest BCUT2D eigenvalue weighted by Gasteiger charge is 2.28. The Bertz CT molecular complexity index is 613. The largest absolute Gasteiger partial charge is 0.387 e. The first-order chi connectivity index (χ1) is 10.1. The van der Waals surface area contributed by atoms with Gasteiger partial charge in [0.15, 0.2) is 0 Å². The van der Waals surface area contributed by atoms with Crippen LogP contribution in [-0.2, 0) is 7.05 Å². The molecule has 0 amide bonds. The van der Waals surface area contributed by atoms with Crippen molar-refractivity contribution in [3.8, 4) is 0 Å². The molecule has 1 saturated heterocycles. The fourth-order valence-corrected chi connectivity index (χ4v) is 3.08. The van der Waals surface area contributed by atoms with Crippen LogP contribution < -0.4 is 0 Å². The molecule has 0 saturated carbocycles. The highest BCUT2D eigenvalue weighted by Crippen LogP contribution is 2.33. The highest BCUT2D eigenvalue weighted by molar-refractivity contribution is 5.20. The quantitative estimate of drug-likeness (QED) is 0.940. The molecule has 1 aliphatic heterocycles. The van der Waals surface area contributed by atoms with E-state index in [1.54, 1.807) is 16.8 Å². The van der Waals surface area contributed by atoms with Crippen molar-refractivity contribution in [2.24, 2.45) is 7.05 Å². The predicted molar refractivity (Wildman–Crippen MR) is 78.1 cm³/mol. The summed E-state index contributed by atoms with van der Waals surface area (Å²) in [6, 6.07) is 6.49. The van der Waals surface area contributed by atoms with Crippen molar-refractivity contribution in [3.63, 3.8) is 0 Å². The van der Waals surface area contributed by atoms with Gasteiger partial charge in [-0.25, -0.2) is 4.39 Å². The molecule has 1 N–H and O–H groups in total. The van der Waals surface area contributed by atoms with Gasteiger partial charge in [0, 0.05) is 31.4 Å². The normalized spacial score (nSPS) is 20.8. The molecule has 112 valence electrons. The Morgan fingerprint density at radius 2 is 2.33 bits per heavy atom. The van der Waals surface area contributed by atoms with Crippen molar-refractivity contribution in [3.05, 3.63) is 53.6 Å². The van der Waals surface area contributed by atoms with E-state index in [0.717, 1.165) is 19.4 Å². The topological polar surface area (TPSA) is 41.3 Å². The molecule has 0 bridgehead atoms. The number of benzene rings is 1. The molecule has 5 heteroatoms. The van der Waals surface area contributed by atoms with Crippen molar-refractivity contribution in [2.75, 3.05) is 13.1 Å². The third-order valence-corrected chi connectivity index (χ3v) is 4.11. The fraction of sp³-hybridized carbons (Fsp3) is 0.438. The Labute approximate surface area is 123 Å². The number of aliphatic hydroxyl groups excluding tert-OH is 1. The second kappa shape index (κ2) is 5.95. The number of β-amino-alcohol motifs (C(OH)–C–C–N with tert-alkyl or cyclic N) is 1. The summed E-state index contributed by atoms with van der Waals surface area (Å²) in [7, 11) is 1.91. The van der Waals surface area contributed by atoms with Gasteiger partial charge in [-0.15, -0.1) is 0 Å². The number of aromatic nitrogens is 2. The maximum Gasteiger partial charge on any atom is 0.123 e. The average molecular weight is 289 g/mol. The van der Waals surface area contributed by atoms with Gasteiger partial charge in [0.25, 0.3) is 0 Å².